The topological polar surface area (TPSA) is 97.9 Å². The molecular weight excluding hydrogens is 228 g/mol. The largest absolute Gasteiger partial charge is 0.350 e. The maximum Gasteiger partial charge on any atom is 0.222 e. The second-order valence-electron chi connectivity index (χ2n) is 3.59. The first-order chi connectivity index (χ1) is 8.79. The molecule has 1 heterocycles. The normalized spacial score (nSPS) is 9.78. The van der Waals surface area contributed by atoms with E-state index in [1.54, 1.807) is 0 Å². The third-order valence-corrected chi connectivity index (χ3v) is 2.33. The van der Waals surface area contributed by atoms with E-state index in [1.807, 2.05) is 30.3 Å². The van der Waals surface area contributed by atoms with Crippen molar-refractivity contribution in [3.63, 3.8) is 0 Å². The highest BCUT2D eigenvalue weighted by molar-refractivity contribution is 5.95. The predicted octanol–water partition coefficient (Wildman–Crippen LogP) is 2.45. The van der Waals surface area contributed by atoms with Crippen LogP contribution >= 0.6 is 0 Å². The Bertz CT molecular complexity index is 534. The Morgan fingerprint density at radius 2 is 1.83 bits per heavy atom. The minimum absolute atomic E-state index is 0.149. The molecular formula is C12H12N6. The van der Waals surface area contributed by atoms with E-state index in [2.05, 4.69) is 20.4 Å². The summed E-state index contributed by atoms with van der Waals surface area (Å²) >= 11 is 0. The quantitative estimate of drug-likeness (QED) is 0.435. The number of nitrogens with one attached hydrogen (secondary N) is 3. The lowest BCUT2D eigenvalue weighted by molar-refractivity contribution is 1.05. The number of amidine groups is 1. The molecule has 1 aromatic carbocycles. The van der Waals surface area contributed by atoms with E-state index < -0.39 is 0 Å². The van der Waals surface area contributed by atoms with E-state index in [0.717, 1.165) is 5.56 Å². The molecule has 90 valence electrons. The van der Waals surface area contributed by atoms with E-state index in [-0.39, 0.29) is 5.84 Å². The average molecular weight is 240 g/mol. The number of hydrogen-bond acceptors (Lipinski definition) is 5. The van der Waals surface area contributed by atoms with Crippen molar-refractivity contribution < 1.29 is 0 Å². The van der Waals surface area contributed by atoms with Crippen molar-refractivity contribution in [1.29, 1.82) is 10.9 Å². The van der Waals surface area contributed by atoms with Gasteiger partial charge in [-0.25, -0.2) is 15.5 Å². The van der Waals surface area contributed by atoms with E-state index >= 15 is 0 Å². The molecule has 0 aliphatic rings. The second-order valence-corrected chi connectivity index (χ2v) is 3.59. The molecule has 0 amide bonds. The molecule has 0 aliphatic heterocycles. The first kappa shape index (κ1) is 11.8. The summed E-state index contributed by atoms with van der Waals surface area (Å²) in [5.74, 6) is 0.338. The Balaban J connectivity index is 1.99. The summed E-state index contributed by atoms with van der Waals surface area (Å²) < 4.78 is 0. The van der Waals surface area contributed by atoms with Crippen molar-refractivity contribution in [2.24, 2.45) is 5.11 Å². The van der Waals surface area contributed by atoms with Gasteiger partial charge >= 0.3 is 0 Å². The van der Waals surface area contributed by atoms with Gasteiger partial charge in [-0.15, -0.1) is 5.11 Å². The summed E-state index contributed by atoms with van der Waals surface area (Å²) in [6.07, 6.45) is 2.95. The zero-order chi connectivity index (χ0) is 12.8. The van der Waals surface area contributed by atoms with Crippen LogP contribution in [0.15, 0.2) is 47.8 Å². The van der Waals surface area contributed by atoms with E-state index in [4.69, 9.17) is 10.9 Å². The molecule has 3 N–H and O–H groups in total. The van der Waals surface area contributed by atoms with Crippen LogP contribution in [0.2, 0.25) is 0 Å². The molecule has 0 unspecified atom stereocenters. The molecule has 18 heavy (non-hydrogen) atoms. The number of rotatable bonds is 4. The lowest BCUT2D eigenvalue weighted by Gasteiger charge is -2.04. The van der Waals surface area contributed by atoms with Gasteiger partial charge in [-0.1, -0.05) is 30.3 Å². The Morgan fingerprint density at radius 1 is 1.17 bits per heavy atom. The lowest BCUT2D eigenvalue weighted by Crippen LogP contribution is -2.05. The van der Waals surface area contributed by atoms with E-state index in [0.29, 0.717) is 18.1 Å². The van der Waals surface area contributed by atoms with Gasteiger partial charge in [0, 0.05) is 18.9 Å². The van der Waals surface area contributed by atoms with Gasteiger partial charge in [0.25, 0.3) is 0 Å². The number of hydrogen-bond donors (Lipinski definition) is 3. The van der Waals surface area contributed by atoms with Gasteiger partial charge < -0.3 is 5.32 Å². The first-order valence-corrected chi connectivity index (χ1v) is 5.36. The Kier molecular flexibility index (Phi) is 3.70. The summed E-state index contributed by atoms with van der Waals surface area (Å²) in [5.41, 5.74) is 8.29. The summed E-state index contributed by atoms with van der Waals surface area (Å²) in [4.78, 5) is 8.11. The molecule has 0 radical (unpaired) electrons. The van der Waals surface area contributed by atoms with Crippen molar-refractivity contribution in [2.45, 2.75) is 6.54 Å². The molecule has 0 aliphatic carbocycles. The minimum Gasteiger partial charge on any atom is -0.350 e. The molecule has 1 aromatic heterocycles. The smallest absolute Gasteiger partial charge is 0.222 e. The number of benzene rings is 1. The highest BCUT2D eigenvalue weighted by Crippen LogP contribution is 2.05. The van der Waals surface area contributed by atoms with Crippen LogP contribution in [0.25, 0.3) is 0 Å². The van der Waals surface area contributed by atoms with Crippen molar-refractivity contribution in [1.82, 2.24) is 9.97 Å². The van der Waals surface area contributed by atoms with Gasteiger partial charge in [0.15, 0.2) is 5.84 Å². The van der Waals surface area contributed by atoms with Gasteiger partial charge in [0.2, 0.25) is 5.95 Å². The predicted molar refractivity (Wildman–Crippen MR) is 67.8 cm³/mol. The van der Waals surface area contributed by atoms with Crippen LogP contribution in [-0.2, 0) is 6.54 Å². The van der Waals surface area contributed by atoms with Gasteiger partial charge in [-0.2, -0.15) is 0 Å². The molecule has 0 atom stereocenters. The first-order valence-electron chi connectivity index (χ1n) is 5.36. The minimum atomic E-state index is -0.149. The Hall–Kier alpha value is -2.63. The summed E-state index contributed by atoms with van der Waals surface area (Å²) in [5, 5.41) is 13.4. The van der Waals surface area contributed by atoms with Gasteiger partial charge in [0.05, 0.1) is 5.56 Å². The fourth-order valence-corrected chi connectivity index (χ4v) is 1.38. The number of anilines is 1. The standard InChI is InChI=1S/C12H12N6/c13-11(18-14)10-7-16-12(17-8-10)15-6-9-4-2-1-3-5-9/h1-5,7-8,13-14H,6H2,(H,15,16,17). The van der Waals surface area contributed by atoms with Crippen molar-refractivity contribution in [2.75, 3.05) is 5.32 Å². The maximum absolute atomic E-state index is 7.33. The number of aromatic nitrogens is 2. The van der Waals surface area contributed by atoms with Crippen molar-refractivity contribution in [3.8, 4) is 0 Å². The fraction of sp³-hybridized carbons (Fsp3) is 0.0833. The van der Waals surface area contributed by atoms with E-state index in [1.165, 1.54) is 12.4 Å². The highest BCUT2D eigenvalue weighted by atomic mass is 15.1. The van der Waals surface area contributed by atoms with Crippen molar-refractivity contribution >= 4 is 11.8 Å². The molecule has 2 aromatic rings. The van der Waals surface area contributed by atoms with Crippen molar-refractivity contribution in [3.05, 3.63) is 53.9 Å². The van der Waals surface area contributed by atoms with Crippen LogP contribution in [0.4, 0.5) is 5.95 Å². The van der Waals surface area contributed by atoms with Gasteiger partial charge in [0.1, 0.15) is 0 Å². The van der Waals surface area contributed by atoms with E-state index in [9.17, 15) is 0 Å². The monoisotopic (exact) mass is 240 g/mol. The average Bonchev–Trinajstić information content (AvgIpc) is 2.46. The summed E-state index contributed by atoms with van der Waals surface area (Å²) in [6, 6.07) is 9.92. The van der Waals surface area contributed by atoms with Crippen LogP contribution in [-0.4, -0.2) is 15.8 Å². The molecule has 0 saturated heterocycles. The van der Waals surface area contributed by atoms with Crippen LogP contribution in [0.1, 0.15) is 11.1 Å². The van der Waals surface area contributed by atoms with Gasteiger partial charge in [-0.05, 0) is 5.56 Å². The Labute approximate surface area is 104 Å². The van der Waals surface area contributed by atoms with Crippen LogP contribution < -0.4 is 5.32 Å². The van der Waals surface area contributed by atoms with Crippen LogP contribution in [0, 0.1) is 10.9 Å². The van der Waals surface area contributed by atoms with Crippen LogP contribution in [0.5, 0.6) is 0 Å². The third kappa shape index (κ3) is 2.94. The molecule has 6 heteroatoms. The summed E-state index contributed by atoms with van der Waals surface area (Å²) in [6.45, 7) is 0.639. The zero-order valence-electron chi connectivity index (χ0n) is 9.59. The highest BCUT2D eigenvalue weighted by Gasteiger charge is 2.01. The van der Waals surface area contributed by atoms with Crippen LogP contribution in [0.3, 0.4) is 0 Å². The summed E-state index contributed by atoms with van der Waals surface area (Å²) in [7, 11) is 0. The fourth-order valence-electron chi connectivity index (χ4n) is 1.38. The molecule has 6 nitrogen and oxygen atoms in total. The molecule has 0 fully saturated rings. The maximum atomic E-state index is 7.33. The zero-order valence-corrected chi connectivity index (χ0v) is 9.59. The molecule has 0 spiro atoms. The number of nitrogens with zero attached hydrogens (tertiary/aromatic N) is 3. The lowest BCUT2D eigenvalue weighted by atomic mass is 10.2. The SMILES string of the molecule is N=NC(=N)c1cnc(NCc2ccccc2)nc1. The Morgan fingerprint density at radius 3 is 2.44 bits per heavy atom. The molecule has 2 rings (SSSR count). The molecule has 0 bridgehead atoms. The molecule has 0 saturated carbocycles. The second kappa shape index (κ2) is 5.62. The third-order valence-electron chi connectivity index (χ3n) is 2.33. The van der Waals surface area contributed by atoms with Gasteiger partial charge in [-0.3, -0.25) is 5.41 Å².